The Morgan fingerprint density at radius 1 is 1.35 bits per heavy atom. The first-order chi connectivity index (χ1) is 8.34. The van der Waals surface area contributed by atoms with Crippen molar-refractivity contribution >= 4 is 0 Å². The minimum Gasteiger partial charge on any atom is -0.472 e. The second kappa shape index (κ2) is 4.83. The lowest BCUT2D eigenvalue weighted by Gasteiger charge is -2.33. The first kappa shape index (κ1) is 11.3. The predicted molar refractivity (Wildman–Crippen MR) is 67.9 cm³/mol. The molecule has 17 heavy (non-hydrogen) atoms. The van der Waals surface area contributed by atoms with Gasteiger partial charge in [-0.15, -0.1) is 0 Å². The van der Waals surface area contributed by atoms with Crippen molar-refractivity contribution in [3.8, 4) is 0 Å². The molecule has 2 aliphatic rings. The second-order valence-corrected chi connectivity index (χ2v) is 5.44. The second-order valence-electron chi connectivity index (χ2n) is 5.44. The molecule has 0 aliphatic carbocycles. The van der Waals surface area contributed by atoms with Crippen molar-refractivity contribution < 1.29 is 4.42 Å². The highest BCUT2D eigenvalue weighted by Crippen LogP contribution is 2.28. The van der Waals surface area contributed by atoms with E-state index in [2.05, 4.69) is 23.2 Å². The van der Waals surface area contributed by atoms with Gasteiger partial charge in [0.25, 0.3) is 0 Å². The van der Waals surface area contributed by atoms with Crippen LogP contribution in [-0.4, -0.2) is 30.1 Å². The Morgan fingerprint density at radius 3 is 3.12 bits per heavy atom. The number of fused-ring (bicyclic) bond motifs is 1. The SMILES string of the molecule is CC(NC1CCN2CCCCC12)c1ccoc1. The summed E-state index contributed by atoms with van der Waals surface area (Å²) in [6.07, 6.45) is 9.07. The Kier molecular flexibility index (Phi) is 3.21. The molecule has 2 fully saturated rings. The first-order valence-corrected chi connectivity index (χ1v) is 6.87. The molecule has 1 aromatic heterocycles. The molecule has 0 radical (unpaired) electrons. The molecule has 94 valence electrons. The minimum atomic E-state index is 0.403. The fraction of sp³-hybridized carbons (Fsp3) is 0.714. The molecular formula is C14H22N2O. The molecule has 2 aliphatic heterocycles. The van der Waals surface area contributed by atoms with E-state index in [0.717, 1.165) is 6.04 Å². The molecule has 3 nitrogen and oxygen atoms in total. The maximum Gasteiger partial charge on any atom is 0.0950 e. The lowest BCUT2D eigenvalue weighted by Crippen LogP contribution is -2.45. The van der Waals surface area contributed by atoms with Crippen molar-refractivity contribution in [2.75, 3.05) is 13.1 Å². The largest absolute Gasteiger partial charge is 0.472 e. The van der Waals surface area contributed by atoms with Gasteiger partial charge in [-0.25, -0.2) is 0 Å². The van der Waals surface area contributed by atoms with Gasteiger partial charge in [0, 0.05) is 30.2 Å². The van der Waals surface area contributed by atoms with Crippen LogP contribution in [0, 0.1) is 0 Å². The first-order valence-electron chi connectivity index (χ1n) is 6.87. The van der Waals surface area contributed by atoms with Crippen LogP contribution in [0.15, 0.2) is 23.0 Å². The summed E-state index contributed by atoms with van der Waals surface area (Å²) in [5.41, 5.74) is 1.26. The summed E-state index contributed by atoms with van der Waals surface area (Å²) in [4.78, 5) is 2.67. The molecule has 0 amide bonds. The third-order valence-electron chi connectivity index (χ3n) is 4.36. The fourth-order valence-corrected chi connectivity index (χ4v) is 3.38. The number of nitrogens with zero attached hydrogens (tertiary/aromatic N) is 1. The molecule has 0 aromatic carbocycles. The van der Waals surface area contributed by atoms with E-state index < -0.39 is 0 Å². The van der Waals surface area contributed by atoms with E-state index in [1.54, 1.807) is 6.26 Å². The van der Waals surface area contributed by atoms with E-state index in [9.17, 15) is 0 Å². The fourth-order valence-electron chi connectivity index (χ4n) is 3.38. The third kappa shape index (κ3) is 2.26. The molecule has 3 atom stereocenters. The van der Waals surface area contributed by atoms with E-state index in [0.29, 0.717) is 12.1 Å². The van der Waals surface area contributed by atoms with Gasteiger partial charge in [0.1, 0.15) is 0 Å². The summed E-state index contributed by atoms with van der Waals surface area (Å²) in [7, 11) is 0. The van der Waals surface area contributed by atoms with E-state index in [1.165, 1.54) is 44.3 Å². The average Bonchev–Trinajstić information content (AvgIpc) is 2.98. The van der Waals surface area contributed by atoms with Crippen molar-refractivity contribution in [1.29, 1.82) is 0 Å². The molecule has 1 aromatic rings. The molecule has 3 rings (SSSR count). The molecule has 3 heteroatoms. The molecule has 0 bridgehead atoms. The quantitative estimate of drug-likeness (QED) is 0.871. The summed E-state index contributed by atoms with van der Waals surface area (Å²) in [6.45, 7) is 4.82. The van der Waals surface area contributed by atoms with Gasteiger partial charge in [0.05, 0.1) is 12.5 Å². The highest BCUT2D eigenvalue weighted by atomic mass is 16.3. The highest BCUT2D eigenvalue weighted by molar-refractivity contribution is 5.11. The zero-order valence-corrected chi connectivity index (χ0v) is 10.6. The zero-order chi connectivity index (χ0) is 11.7. The van der Waals surface area contributed by atoms with Gasteiger partial charge in [-0.05, 0) is 38.8 Å². The van der Waals surface area contributed by atoms with Crippen LogP contribution >= 0.6 is 0 Å². The van der Waals surface area contributed by atoms with Crippen LogP contribution in [0.3, 0.4) is 0 Å². The van der Waals surface area contributed by atoms with Gasteiger partial charge in [-0.3, -0.25) is 4.90 Å². The van der Waals surface area contributed by atoms with Gasteiger partial charge in [0.15, 0.2) is 0 Å². The maximum absolute atomic E-state index is 5.16. The van der Waals surface area contributed by atoms with E-state index in [1.807, 2.05) is 6.26 Å². The van der Waals surface area contributed by atoms with Crippen LogP contribution in [-0.2, 0) is 0 Å². The van der Waals surface area contributed by atoms with Crippen molar-refractivity contribution in [1.82, 2.24) is 10.2 Å². The van der Waals surface area contributed by atoms with Crippen LogP contribution in [0.2, 0.25) is 0 Å². The van der Waals surface area contributed by atoms with Crippen molar-refractivity contribution in [3.05, 3.63) is 24.2 Å². The van der Waals surface area contributed by atoms with Crippen LogP contribution < -0.4 is 5.32 Å². The Hall–Kier alpha value is -0.800. The molecule has 3 unspecified atom stereocenters. The molecule has 3 heterocycles. The molecule has 2 saturated heterocycles. The Balaban J connectivity index is 1.62. The monoisotopic (exact) mass is 234 g/mol. The van der Waals surface area contributed by atoms with Gasteiger partial charge in [0.2, 0.25) is 0 Å². The molecule has 0 spiro atoms. The van der Waals surface area contributed by atoms with Crippen LogP contribution in [0.1, 0.15) is 44.2 Å². The molecular weight excluding hydrogens is 212 g/mol. The summed E-state index contributed by atoms with van der Waals surface area (Å²) in [5.74, 6) is 0. The summed E-state index contributed by atoms with van der Waals surface area (Å²) < 4.78 is 5.16. The number of furan rings is 1. The van der Waals surface area contributed by atoms with Crippen molar-refractivity contribution in [3.63, 3.8) is 0 Å². The highest BCUT2D eigenvalue weighted by Gasteiger charge is 2.35. The number of hydrogen-bond donors (Lipinski definition) is 1. The van der Waals surface area contributed by atoms with Gasteiger partial charge in [-0.1, -0.05) is 6.42 Å². The van der Waals surface area contributed by atoms with Gasteiger partial charge < -0.3 is 9.73 Å². The average molecular weight is 234 g/mol. The Morgan fingerprint density at radius 2 is 2.29 bits per heavy atom. The topological polar surface area (TPSA) is 28.4 Å². The summed E-state index contributed by atoms with van der Waals surface area (Å²) in [5, 5.41) is 3.78. The minimum absolute atomic E-state index is 0.403. The summed E-state index contributed by atoms with van der Waals surface area (Å²) in [6, 6.07) is 3.91. The van der Waals surface area contributed by atoms with Crippen LogP contribution in [0.25, 0.3) is 0 Å². The Labute approximate surface area is 103 Å². The summed E-state index contributed by atoms with van der Waals surface area (Å²) >= 11 is 0. The van der Waals surface area contributed by atoms with E-state index in [-0.39, 0.29) is 0 Å². The third-order valence-corrected chi connectivity index (χ3v) is 4.36. The number of nitrogens with one attached hydrogen (secondary N) is 1. The van der Waals surface area contributed by atoms with Crippen LogP contribution in [0.5, 0.6) is 0 Å². The Bertz CT molecular complexity index is 349. The molecule has 1 N–H and O–H groups in total. The number of hydrogen-bond acceptors (Lipinski definition) is 3. The molecule has 0 saturated carbocycles. The van der Waals surface area contributed by atoms with Crippen molar-refractivity contribution in [2.24, 2.45) is 0 Å². The number of piperidine rings is 1. The smallest absolute Gasteiger partial charge is 0.0950 e. The van der Waals surface area contributed by atoms with Crippen LogP contribution in [0.4, 0.5) is 0 Å². The maximum atomic E-state index is 5.16. The number of rotatable bonds is 3. The lowest BCUT2D eigenvalue weighted by atomic mass is 9.98. The van der Waals surface area contributed by atoms with Gasteiger partial charge in [-0.2, -0.15) is 0 Å². The zero-order valence-electron chi connectivity index (χ0n) is 10.6. The van der Waals surface area contributed by atoms with E-state index in [4.69, 9.17) is 4.42 Å². The van der Waals surface area contributed by atoms with Crippen molar-refractivity contribution in [2.45, 2.75) is 50.7 Å². The lowest BCUT2D eigenvalue weighted by molar-refractivity contribution is 0.177. The van der Waals surface area contributed by atoms with E-state index >= 15 is 0 Å². The predicted octanol–water partition coefficient (Wildman–Crippen LogP) is 2.56. The normalized spacial score (nSPS) is 31.4. The van der Waals surface area contributed by atoms with Gasteiger partial charge >= 0.3 is 0 Å². The standard InChI is InChI=1S/C14H22N2O/c1-11(12-6-9-17-10-12)15-13-5-8-16-7-3-2-4-14(13)16/h6,9-11,13-15H,2-5,7-8H2,1H3.